The maximum absolute atomic E-state index is 14.1. The van der Waals surface area contributed by atoms with Gasteiger partial charge in [0.2, 0.25) is 0 Å². The van der Waals surface area contributed by atoms with E-state index in [-0.39, 0.29) is 21.8 Å². The van der Waals surface area contributed by atoms with Crippen molar-refractivity contribution in [1.82, 2.24) is 15.0 Å². The van der Waals surface area contributed by atoms with E-state index in [2.05, 4.69) is 20.3 Å². The number of nitrogens with zero attached hydrogens (tertiary/aromatic N) is 2. The maximum atomic E-state index is 14.1. The fourth-order valence-electron chi connectivity index (χ4n) is 3.31. The molecule has 30 heavy (non-hydrogen) atoms. The Hall–Kier alpha value is -2.52. The summed E-state index contributed by atoms with van der Waals surface area (Å²) >= 11 is 5.98. The van der Waals surface area contributed by atoms with Crippen molar-refractivity contribution < 1.29 is 13.0 Å². The first kappa shape index (κ1) is 20.7. The van der Waals surface area contributed by atoms with Crippen LogP contribution < -0.4 is 5.32 Å². The van der Waals surface area contributed by atoms with Gasteiger partial charge in [0.1, 0.15) is 29.3 Å². The molecule has 4 rings (SSSR count). The highest BCUT2D eigenvalue weighted by Crippen LogP contribution is 2.41. The second-order valence-corrected chi connectivity index (χ2v) is 9.97. The summed E-state index contributed by atoms with van der Waals surface area (Å²) in [7, 11) is -3.05. The van der Waals surface area contributed by atoms with Crippen LogP contribution in [0.25, 0.3) is 0 Å². The van der Waals surface area contributed by atoms with Gasteiger partial charge in [0.25, 0.3) is 0 Å². The third-order valence-corrected chi connectivity index (χ3v) is 6.33. The van der Waals surface area contributed by atoms with E-state index in [0.717, 1.165) is 12.8 Å². The fourth-order valence-corrected chi connectivity index (χ4v) is 4.41. The van der Waals surface area contributed by atoms with Crippen LogP contribution in [0.5, 0.6) is 0 Å². The Morgan fingerprint density at radius 1 is 1.23 bits per heavy atom. The van der Waals surface area contributed by atoms with Crippen LogP contribution in [0.15, 0.2) is 35.4 Å². The molecule has 0 bridgehead atoms. The van der Waals surface area contributed by atoms with Gasteiger partial charge in [-0.1, -0.05) is 17.7 Å². The molecule has 2 atom stereocenters. The van der Waals surface area contributed by atoms with Gasteiger partial charge in [-0.05, 0) is 49.6 Å². The minimum atomic E-state index is -3.05. The molecule has 0 amide bonds. The Morgan fingerprint density at radius 3 is 2.53 bits per heavy atom. The van der Waals surface area contributed by atoms with Crippen LogP contribution in [0.2, 0.25) is 5.02 Å². The van der Waals surface area contributed by atoms with E-state index in [1.807, 2.05) is 0 Å². The number of aryl methyl sites for hydroxylation is 1. The molecule has 3 aromatic rings. The highest BCUT2D eigenvalue weighted by molar-refractivity contribution is 7.91. The molecule has 1 aromatic carbocycles. The van der Waals surface area contributed by atoms with Crippen molar-refractivity contribution >= 4 is 27.1 Å². The monoisotopic (exact) mass is 451 g/mol. The van der Waals surface area contributed by atoms with E-state index in [4.69, 9.17) is 16.4 Å². The van der Waals surface area contributed by atoms with Crippen LogP contribution >= 0.6 is 11.6 Å². The van der Waals surface area contributed by atoms with Gasteiger partial charge in [-0.3, -0.25) is 0 Å². The SMILES string of the molecule is Cc1[nH]c([C@@H](Nc2ccc(F)c(C3CC3)n2)c2ccc(F)c(Cl)c2)nc1[S@](C)(=N)=O. The number of anilines is 1. The third kappa shape index (κ3) is 4.17. The predicted octanol–water partition coefficient (Wildman–Crippen LogP) is 5.16. The smallest absolute Gasteiger partial charge is 0.156 e. The number of pyridine rings is 1. The molecule has 0 radical (unpaired) electrons. The number of benzene rings is 1. The minimum absolute atomic E-state index is 0.0617. The third-order valence-electron chi connectivity index (χ3n) is 4.91. The Kier molecular flexibility index (Phi) is 5.27. The van der Waals surface area contributed by atoms with Gasteiger partial charge in [0.05, 0.1) is 20.4 Å². The quantitative estimate of drug-likeness (QED) is 0.482. The summed E-state index contributed by atoms with van der Waals surface area (Å²) in [6.45, 7) is 1.68. The molecule has 1 fully saturated rings. The summed E-state index contributed by atoms with van der Waals surface area (Å²) in [5.41, 5.74) is 1.49. The number of imidazole rings is 1. The van der Waals surface area contributed by atoms with Crippen molar-refractivity contribution in [2.75, 3.05) is 11.6 Å². The molecule has 1 aliphatic rings. The Labute approximate surface area is 178 Å². The zero-order valence-electron chi connectivity index (χ0n) is 16.3. The zero-order valence-corrected chi connectivity index (χ0v) is 17.9. The molecule has 0 saturated heterocycles. The molecular formula is C20H20ClF2N5OS. The lowest BCUT2D eigenvalue weighted by molar-refractivity contribution is 0.600. The van der Waals surface area contributed by atoms with Gasteiger partial charge in [0, 0.05) is 17.9 Å². The minimum Gasteiger partial charge on any atom is -0.356 e. The van der Waals surface area contributed by atoms with E-state index in [9.17, 15) is 13.0 Å². The van der Waals surface area contributed by atoms with Gasteiger partial charge in [-0.15, -0.1) is 0 Å². The Morgan fingerprint density at radius 2 is 1.93 bits per heavy atom. The van der Waals surface area contributed by atoms with Gasteiger partial charge in [-0.2, -0.15) is 0 Å². The molecule has 3 N–H and O–H groups in total. The number of aromatic nitrogens is 3. The molecule has 158 valence electrons. The molecule has 2 heterocycles. The number of hydrogen-bond acceptors (Lipinski definition) is 5. The number of aromatic amines is 1. The van der Waals surface area contributed by atoms with Crippen molar-refractivity contribution in [1.29, 1.82) is 4.78 Å². The average Bonchev–Trinajstić information content (AvgIpc) is 3.44. The lowest BCUT2D eigenvalue weighted by atomic mass is 10.1. The lowest BCUT2D eigenvalue weighted by Gasteiger charge is -2.19. The van der Waals surface area contributed by atoms with Gasteiger partial charge >= 0.3 is 0 Å². The van der Waals surface area contributed by atoms with Crippen molar-refractivity contribution in [3.8, 4) is 0 Å². The summed E-state index contributed by atoms with van der Waals surface area (Å²) in [5, 5.41) is 3.27. The first-order valence-corrected chi connectivity index (χ1v) is 11.7. The molecule has 6 nitrogen and oxygen atoms in total. The summed E-state index contributed by atoms with van der Waals surface area (Å²) in [5.74, 6) is -0.000749. The van der Waals surface area contributed by atoms with Crippen LogP contribution in [0.4, 0.5) is 14.6 Å². The first-order chi connectivity index (χ1) is 14.1. The molecule has 2 aromatic heterocycles. The van der Waals surface area contributed by atoms with Gasteiger partial charge in [-0.25, -0.2) is 27.7 Å². The molecule has 10 heteroatoms. The van der Waals surface area contributed by atoms with E-state index in [1.54, 1.807) is 13.0 Å². The molecule has 0 unspecified atom stereocenters. The van der Waals surface area contributed by atoms with Gasteiger partial charge < -0.3 is 10.3 Å². The van der Waals surface area contributed by atoms with Crippen LogP contribution in [0, 0.1) is 23.3 Å². The van der Waals surface area contributed by atoms with E-state index in [1.165, 1.54) is 30.5 Å². The highest BCUT2D eigenvalue weighted by Gasteiger charge is 2.29. The zero-order chi connectivity index (χ0) is 21.6. The van der Waals surface area contributed by atoms with Gasteiger partial charge in [0.15, 0.2) is 5.03 Å². The standard InChI is InChI=1S/C20H20ClF2N5OS/c1-10-20(30(2,24)29)28-19(25-10)18(12-5-6-14(22)13(21)9-12)27-16-8-7-15(23)17(26-16)11-3-4-11/h5-9,11,18,24H,3-4H2,1-2H3,(H,25,28)(H,26,27)/t18-,30+/m0/s1. The van der Waals surface area contributed by atoms with Crippen molar-refractivity contribution in [3.63, 3.8) is 0 Å². The number of rotatable bonds is 6. The molecular weight excluding hydrogens is 432 g/mol. The molecule has 0 spiro atoms. The summed E-state index contributed by atoms with van der Waals surface area (Å²) in [6.07, 6.45) is 3.10. The second kappa shape index (κ2) is 7.63. The second-order valence-electron chi connectivity index (χ2n) is 7.48. The highest BCUT2D eigenvalue weighted by atomic mass is 35.5. The van der Waals surface area contributed by atoms with Crippen molar-refractivity contribution in [3.05, 3.63) is 69.8 Å². The van der Waals surface area contributed by atoms with Crippen LogP contribution in [-0.2, 0) is 9.73 Å². The molecule has 1 saturated carbocycles. The number of nitrogens with one attached hydrogen (secondary N) is 3. The predicted molar refractivity (Wildman–Crippen MR) is 111 cm³/mol. The lowest BCUT2D eigenvalue weighted by Crippen LogP contribution is -2.16. The summed E-state index contributed by atoms with van der Waals surface area (Å²) in [6, 6.07) is 6.46. The van der Waals surface area contributed by atoms with E-state index >= 15 is 0 Å². The summed E-state index contributed by atoms with van der Waals surface area (Å²) in [4.78, 5) is 11.8. The Bertz CT molecular complexity index is 1220. The average molecular weight is 452 g/mol. The summed E-state index contributed by atoms with van der Waals surface area (Å²) < 4.78 is 47.9. The van der Waals surface area contributed by atoms with E-state index < -0.39 is 21.6 Å². The van der Waals surface area contributed by atoms with Crippen LogP contribution in [0.1, 0.15) is 47.6 Å². The Balaban J connectivity index is 1.78. The van der Waals surface area contributed by atoms with Crippen molar-refractivity contribution in [2.24, 2.45) is 0 Å². The van der Waals surface area contributed by atoms with Crippen LogP contribution in [-0.4, -0.2) is 25.4 Å². The first-order valence-electron chi connectivity index (χ1n) is 9.31. The molecule has 1 aliphatic carbocycles. The molecule has 0 aliphatic heterocycles. The number of hydrogen-bond donors (Lipinski definition) is 3. The number of halogens is 3. The fraction of sp³-hybridized carbons (Fsp3) is 0.300. The largest absolute Gasteiger partial charge is 0.356 e. The van der Waals surface area contributed by atoms with Crippen LogP contribution in [0.3, 0.4) is 0 Å². The number of H-pyrrole nitrogens is 1. The van der Waals surface area contributed by atoms with Crippen molar-refractivity contribution in [2.45, 2.75) is 36.8 Å². The maximum Gasteiger partial charge on any atom is 0.156 e. The van der Waals surface area contributed by atoms with E-state index in [0.29, 0.717) is 28.6 Å². The topological polar surface area (TPSA) is 94.5 Å². The normalized spacial score (nSPS) is 16.8.